The van der Waals surface area contributed by atoms with Crippen LogP contribution in [0.25, 0.3) is 0 Å². The standard InChI is InChI=1S/C18H17NOS/c1-2-5-16(6-3-1)20-17-10-8-15(9-11-17)13-19-14-18-7-4-12-21-18/h1-12,19H,13-14H2. The molecule has 0 bridgehead atoms. The average Bonchev–Trinajstić information content (AvgIpc) is 3.03. The number of hydrogen-bond donors (Lipinski definition) is 1. The van der Waals surface area contributed by atoms with Gasteiger partial charge in [0.25, 0.3) is 0 Å². The molecule has 0 radical (unpaired) electrons. The molecule has 2 nitrogen and oxygen atoms in total. The molecule has 106 valence electrons. The Kier molecular flexibility index (Phi) is 4.66. The molecule has 1 N–H and O–H groups in total. The van der Waals surface area contributed by atoms with Gasteiger partial charge in [-0.1, -0.05) is 36.4 Å². The van der Waals surface area contributed by atoms with E-state index in [9.17, 15) is 0 Å². The van der Waals surface area contributed by atoms with Gasteiger partial charge in [0, 0.05) is 18.0 Å². The summed E-state index contributed by atoms with van der Waals surface area (Å²) < 4.78 is 5.78. The Balaban J connectivity index is 1.52. The van der Waals surface area contributed by atoms with Crippen LogP contribution in [-0.4, -0.2) is 0 Å². The highest BCUT2D eigenvalue weighted by Gasteiger charge is 1.98. The summed E-state index contributed by atoms with van der Waals surface area (Å²) in [6.07, 6.45) is 0. The van der Waals surface area contributed by atoms with Crippen molar-refractivity contribution in [2.24, 2.45) is 0 Å². The van der Waals surface area contributed by atoms with Crippen LogP contribution in [0.4, 0.5) is 0 Å². The minimum absolute atomic E-state index is 0.862. The fraction of sp³-hybridized carbons (Fsp3) is 0.111. The van der Waals surface area contributed by atoms with Gasteiger partial charge in [-0.25, -0.2) is 0 Å². The van der Waals surface area contributed by atoms with E-state index in [2.05, 4.69) is 35.0 Å². The van der Waals surface area contributed by atoms with Crippen LogP contribution in [0.15, 0.2) is 72.1 Å². The molecule has 3 heteroatoms. The first-order valence-electron chi connectivity index (χ1n) is 6.95. The first-order valence-corrected chi connectivity index (χ1v) is 7.83. The van der Waals surface area contributed by atoms with Crippen LogP contribution in [0.1, 0.15) is 10.4 Å². The number of thiophene rings is 1. The van der Waals surface area contributed by atoms with Crippen molar-refractivity contribution < 1.29 is 4.74 Å². The minimum atomic E-state index is 0.862. The molecule has 0 unspecified atom stereocenters. The molecule has 0 amide bonds. The molecule has 2 aromatic carbocycles. The van der Waals surface area contributed by atoms with Crippen molar-refractivity contribution in [1.29, 1.82) is 0 Å². The number of para-hydroxylation sites is 1. The molecule has 3 rings (SSSR count). The second-order valence-corrected chi connectivity index (χ2v) is 5.77. The lowest BCUT2D eigenvalue weighted by molar-refractivity contribution is 0.482. The van der Waals surface area contributed by atoms with Gasteiger partial charge >= 0.3 is 0 Å². The average molecular weight is 295 g/mol. The minimum Gasteiger partial charge on any atom is -0.457 e. The third-order valence-corrected chi connectivity index (χ3v) is 3.99. The van der Waals surface area contributed by atoms with Crippen LogP contribution >= 0.6 is 11.3 Å². The van der Waals surface area contributed by atoms with E-state index >= 15 is 0 Å². The van der Waals surface area contributed by atoms with Crippen LogP contribution in [-0.2, 0) is 13.1 Å². The Hall–Kier alpha value is -2.10. The van der Waals surface area contributed by atoms with Crippen LogP contribution in [0.5, 0.6) is 11.5 Å². The molecule has 0 saturated carbocycles. The van der Waals surface area contributed by atoms with Gasteiger partial charge in [0.2, 0.25) is 0 Å². The van der Waals surface area contributed by atoms with Crippen molar-refractivity contribution >= 4 is 11.3 Å². The molecule has 0 spiro atoms. The molecule has 0 aliphatic heterocycles. The summed E-state index contributed by atoms with van der Waals surface area (Å²) in [5.74, 6) is 1.73. The summed E-state index contributed by atoms with van der Waals surface area (Å²) >= 11 is 1.78. The summed E-state index contributed by atoms with van der Waals surface area (Å²) in [6.45, 7) is 1.78. The third kappa shape index (κ3) is 4.18. The number of hydrogen-bond acceptors (Lipinski definition) is 3. The van der Waals surface area contributed by atoms with Crippen molar-refractivity contribution in [1.82, 2.24) is 5.32 Å². The molecule has 3 aromatic rings. The highest BCUT2D eigenvalue weighted by Crippen LogP contribution is 2.21. The maximum absolute atomic E-state index is 5.78. The summed E-state index contributed by atoms with van der Waals surface area (Å²) in [4.78, 5) is 1.36. The molecular formula is C18H17NOS. The van der Waals surface area contributed by atoms with Crippen LogP contribution in [0.2, 0.25) is 0 Å². The molecule has 21 heavy (non-hydrogen) atoms. The molecule has 0 aliphatic rings. The number of rotatable bonds is 6. The Morgan fingerprint density at radius 2 is 1.52 bits per heavy atom. The maximum atomic E-state index is 5.78. The van der Waals surface area contributed by atoms with Crippen molar-refractivity contribution in [2.75, 3.05) is 0 Å². The summed E-state index contributed by atoms with van der Waals surface area (Å²) in [5.41, 5.74) is 1.26. The zero-order chi connectivity index (χ0) is 14.3. The van der Waals surface area contributed by atoms with E-state index < -0.39 is 0 Å². The number of nitrogens with one attached hydrogen (secondary N) is 1. The van der Waals surface area contributed by atoms with Crippen LogP contribution in [0, 0.1) is 0 Å². The third-order valence-electron chi connectivity index (χ3n) is 3.11. The van der Waals surface area contributed by atoms with E-state index in [1.807, 2.05) is 42.5 Å². The van der Waals surface area contributed by atoms with Gasteiger partial charge in [-0.3, -0.25) is 0 Å². The molecular weight excluding hydrogens is 278 g/mol. The van der Waals surface area contributed by atoms with Gasteiger partial charge in [-0.05, 0) is 41.3 Å². The highest BCUT2D eigenvalue weighted by molar-refractivity contribution is 7.09. The normalized spacial score (nSPS) is 10.5. The van der Waals surface area contributed by atoms with E-state index in [1.54, 1.807) is 11.3 Å². The first-order chi connectivity index (χ1) is 10.4. The summed E-state index contributed by atoms with van der Waals surface area (Å²) in [7, 11) is 0. The topological polar surface area (TPSA) is 21.3 Å². The zero-order valence-electron chi connectivity index (χ0n) is 11.7. The highest BCUT2D eigenvalue weighted by atomic mass is 32.1. The predicted octanol–water partition coefficient (Wildman–Crippen LogP) is 4.83. The summed E-state index contributed by atoms with van der Waals surface area (Å²) in [5, 5.41) is 5.55. The largest absolute Gasteiger partial charge is 0.457 e. The zero-order valence-corrected chi connectivity index (χ0v) is 12.5. The lowest BCUT2D eigenvalue weighted by Gasteiger charge is -2.07. The fourth-order valence-corrected chi connectivity index (χ4v) is 2.72. The fourth-order valence-electron chi connectivity index (χ4n) is 2.04. The van der Waals surface area contributed by atoms with Crippen molar-refractivity contribution in [3.8, 4) is 11.5 Å². The Morgan fingerprint density at radius 3 is 2.24 bits per heavy atom. The quantitative estimate of drug-likeness (QED) is 0.703. The van der Waals surface area contributed by atoms with E-state index in [-0.39, 0.29) is 0 Å². The number of ether oxygens (including phenoxy) is 1. The van der Waals surface area contributed by atoms with Gasteiger partial charge in [-0.15, -0.1) is 11.3 Å². The summed E-state index contributed by atoms with van der Waals surface area (Å²) in [6, 6.07) is 22.3. The smallest absolute Gasteiger partial charge is 0.127 e. The van der Waals surface area contributed by atoms with Gasteiger partial charge in [0.15, 0.2) is 0 Å². The van der Waals surface area contributed by atoms with Gasteiger partial charge in [0.05, 0.1) is 0 Å². The van der Waals surface area contributed by atoms with Crippen LogP contribution < -0.4 is 10.1 Å². The molecule has 0 fully saturated rings. The van der Waals surface area contributed by atoms with Gasteiger partial charge in [0.1, 0.15) is 11.5 Å². The van der Waals surface area contributed by atoms with Crippen molar-refractivity contribution in [2.45, 2.75) is 13.1 Å². The molecule has 0 aliphatic carbocycles. The molecule has 0 saturated heterocycles. The van der Waals surface area contributed by atoms with Gasteiger partial charge < -0.3 is 10.1 Å². The van der Waals surface area contributed by atoms with E-state index in [1.165, 1.54) is 10.4 Å². The second kappa shape index (κ2) is 7.07. The SMILES string of the molecule is c1ccc(Oc2ccc(CNCc3cccs3)cc2)cc1. The molecule has 1 heterocycles. The molecule has 1 aromatic heterocycles. The molecule has 0 atom stereocenters. The van der Waals surface area contributed by atoms with Gasteiger partial charge in [-0.2, -0.15) is 0 Å². The monoisotopic (exact) mass is 295 g/mol. The van der Waals surface area contributed by atoms with Crippen molar-refractivity contribution in [3.63, 3.8) is 0 Å². The predicted molar refractivity (Wildman–Crippen MR) is 87.8 cm³/mol. The number of benzene rings is 2. The van der Waals surface area contributed by atoms with E-state index in [4.69, 9.17) is 4.74 Å². The Labute approximate surface area is 129 Å². The second-order valence-electron chi connectivity index (χ2n) is 4.74. The maximum Gasteiger partial charge on any atom is 0.127 e. The first kappa shape index (κ1) is 13.9. The Bertz CT molecular complexity index is 647. The van der Waals surface area contributed by atoms with E-state index in [0.717, 1.165) is 24.6 Å². The van der Waals surface area contributed by atoms with Crippen molar-refractivity contribution in [3.05, 3.63) is 82.6 Å². The lowest BCUT2D eigenvalue weighted by Crippen LogP contribution is -2.11. The lowest BCUT2D eigenvalue weighted by atomic mass is 10.2. The Morgan fingerprint density at radius 1 is 0.762 bits per heavy atom. The van der Waals surface area contributed by atoms with Crippen LogP contribution in [0.3, 0.4) is 0 Å². The van der Waals surface area contributed by atoms with E-state index in [0.29, 0.717) is 0 Å².